The Labute approximate surface area is 118 Å². The van der Waals surface area contributed by atoms with Crippen molar-refractivity contribution < 1.29 is 24.8 Å². The summed E-state index contributed by atoms with van der Waals surface area (Å²) in [6, 6.07) is 0. The molecular formula is C11H15N5O5. The minimum absolute atomic E-state index is 0.192. The highest BCUT2D eigenvalue weighted by atomic mass is 16.6. The Morgan fingerprint density at radius 1 is 1.43 bits per heavy atom. The molecule has 0 aromatic carbocycles. The van der Waals surface area contributed by atoms with Crippen molar-refractivity contribution in [2.24, 2.45) is 0 Å². The highest BCUT2D eigenvalue weighted by Gasteiger charge is 2.47. The number of aromatic nitrogens is 4. The van der Waals surface area contributed by atoms with Crippen LogP contribution in [0.15, 0.2) is 12.7 Å². The summed E-state index contributed by atoms with van der Waals surface area (Å²) < 4.78 is 7.26. The molecule has 10 heteroatoms. The van der Waals surface area contributed by atoms with Crippen LogP contribution in [-0.4, -0.2) is 61.8 Å². The predicted molar refractivity (Wildman–Crippen MR) is 69.0 cm³/mol. The number of aliphatic hydroxyl groups excluding tert-OH is 3. The van der Waals surface area contributed by atoms with Gasteiger partial charge in [-0.25, -0.2) is 9.71 Å². The maximum Gasteiger partial charge on any atom is 0.276 e. The van der Waals surface area contributed by atoms with Gasteiger partial charge in [-0.2, -0.15) is 9.55 Å². The Balaban J connectivity index is 2.10. The molecule has 0 spiro atoms. The van der Waals surface area contributed by atoms with Crippen LogP contribution in [-0.2, 0) is 4.74 Å². The van der Waals surface area contributed by atoms with Gasteiger partial charge < -0.3 is 30.6 Å². The molecule has 2 aromatic rings. The molecule has 1 aliphatic rings. The first-order valence-electron chi connectivity index (χ1n) is 6.33. The number of fused-ring (bicyclic) bond motifs is 1. The van der Waals surface area contributed by atoms with Crippen molar-refractivity contribution in [3.8, 4) is 0 Å². The minimum Gasteiger partial charge on any atom is -0.710 e. The van der Waals surface area contributed by atoms with Crippen LogP contribution >= 0.6 is 0 Å². The van der Waals surface area contributed by atoms with Crippen molar-refractivity contribution >= 4 is 17.0 Å². The van der Waals surface area contributed by atoms with Crippen molar-refractivity contribution in [1.82, 2.24) is 14.5 Å². The lowest BCUT2D eigenvalue weighted by molar-refractivity contribution is -0.578. The first-order valence-corrected chi connectivity index (χ1v) is 6.33. The molecule has 0 saturated carbocycles. The van der Waals surface area contributed by atoms with E-state index in [1.807, 2.05) is 0 Å². The lowest BCUT2D eigenvalue weighted by Crippen LogP contribution is -2.33. The lowest BCUT2D eigenvalue weighted by atomic mass is 10.1. The number of anilines is 1. The molecule has 4 N–H and O–H groups in total. The molecule has 3 heterocycles. The van der Waals surface area contributed by atoms with E-state index in [0.717, 1.165) is 6.33 Å². The van der Waals surface area contributed by atoms with Crippen LogP contribution in [0.5, 0.6) is 0 Å². The molecule has 4 unspecified atom stereocenters. The SMILES string of the molecule is CNc1ncnc2c1[n+]([O-])cn2C1OC(CO)C(O)C1O. The van der Waals surface area contributed by atoms with Gasteiger partial charge in [-0.15, -0.1) is 0 Å². The van der Waals surface area contributed by atoms with Gasteiger partial charge in [0.25, 0.3) is 12.0 Å². The first kappa shape index (κ1) is 13.9. The normalized spacial score (nSPS) is 29.1. The third-order valence-corrected chi connectivity index (χ3v) is 3.53. The zero-order valence-corrected chi connectivity index (χ0v) is 11.1. The first-order chi connectivity index (χ1) is 10.1. The summed E-state index contributed by atoms with van der Waals surface area (Å²) in [5.74, 6) is 0.334. The number of imidazole rings is 1. The minimum atomic E-state index is -1.29. The second-order valence-electron chi connectivity index (χ2n) is 4.72. The van der Waals surface area contributed by atoms with Crippen LogP contribution in [0.1, 0.15) is 6.23 Å². The van der Waals surface area contributed by atoms with E-state index in [0.29, 0.717) is 10.5 Å². The number of rotatable bonds is 3. The summed E-state index contributed by atoms with van der Waals surface area (Å²) in [4.78, 5) is 7.96. The highest BCUT2D eigenvalue weighted by molar-refractivity contribution is 5.79. The average molecular weight is 297 g/mol. The largest absolute Gasteiger partial charge is 0.710 e. The number of nitrogens with one attached hydrogen (secondary N) is 1. The van der Waals surface area contributed by atoms with Crippen molar-refractivity contribution in [1.29, 1.82) is 0 Å². The summed E-state index contributed by atoms with van der Waals surface area (Å²) in [7, 11) is 1.62. The van der Waals surface area contributed by atoms with E-state index in [1.165, 1.54) is 10.9 Å². The maximum absolute atomic E-state index is 12.0. The zero-order chi connectivity index (χ0) is 15.1. The van der Waals surface area contributed by atoms with Gasteiger partial charge in [0.2, 0.25) is 11.7 Å². The van der Waals surface area contributed by atoms with Gasteiger partial charge in [0.15, 0.2) is 5.82 Å². The van der Waals surface area contributed by atoms with Gasteiger partial charge in [-0.1, -0.05) is 0 Å². The number of hydrogen-bond acceptors (Lipinski definition) is 8. The van der Waals surface area contributed by atoms with Gasteiger partial charge in [-0.3, -0.25) is 0 Å². The van der Waals surface area contributed by atoms with E-state index in [1.54, 1.807) is 7.05 Å². The molecule has 1 aliphatic heterocycles. The number of ether oxygens (including phenoxy) is 1. The molecule has 1 fully saturated rings. The quantitative estimate of drug-likeness (QED) is 0.367. The molecule has 114 valence electrons. The molecule has 1 saturated heterocycles. The Hall–Kier alpha value is -2.01. The van der Waals surface area contributed by atoms with Gasteiger partial charge in [0, 0.05) is 7.05 Å². The van der Waals surface area contributed by atoms with Crippen molar-refractivity contribution in [2.45, 2.75) is 24.5 Å². The Kier molecular flexibility index (Phi) is 3.37. The van der Waals surface area contributed by atoms with E-state index >= 15 is 0 Å². The van der Waals surface area contributed by atoms with E-state index in [9.17, 15) is 15.4 Å². The summed E-state index contributed by atoms with van der Waals surface area (Å²) in [5, 5.41) is 43.7. The summed E-state index contributed by atoms with van der Waals surface area (Å²) in [6.07, 6.45) is -2.05. The topological polar surface area (TPSA) is 140 Å². The third-order valence-electron chi connectivity index (χ3n) is 3.53. The Morgan fingerprint density at radius 3 is 2.81 bits per heavy atom. The Morgan fingerprint density at radius 2 is 2.19 bits per heavy atom. The molecule has 0 aliphatic carbocycles. The molecule has 0 radical (unpaired) electrons. The average Bonchev–Trinajstić information content (AvgIpc) is 2.98. The van der Waals surface area contributed by atoms with Gasteiger partial charge in [0.1, 0.15) is 24.6 Å². The van der Waals surface area contributed by atoms with Crippen LogP contribution in [0.25, 0.3) is 11.2 Å². The molecule has 3 rings (SSSR count). The van der Waals surface area contributed by atoms with Gasteiger partial charge in [0.05, 0.1) is 6.61 Å². The smallest absolute Gasteiger partial charge is 0.276 e. The van der Waals surface area contributed by atoms with E-state index in [4.69, 9.17) is 9.84 Å². The molecular weight excluding hydrogens is 282 g/mol. The fourth-order valence-electron chi connectivity index (χ4n) is 2.47. The zero-order valence-electron chi connectivity index (χ0n) is 11.1. The predicted octanol–water partition coefficient (Wildman–Crippen LogP) is -2.28. The van der Waals surface area contributed by atoms with Crippen LogP contribution in [0.3, 0.4) is 0 Å². The highest BCUT2D eigenvalue weighted by Crippen LogP contribution is 2.31. The number of hydrogen-bond donors (Lipinski definition) is 4. The molecule has 10 nitrogen and oxygen atoms in total. The second-order valence-corrected chi connectivity index (χ2v) is 4.72. The second kappa shape index (κ2) is 5.07. The standard InChI is InChI=1S/C11H15N5O5/c1-12-9-6-10(14-3-13-9)15(4-16(6)20)11-8(19)7(18)5(2-17)21-11/h3-5,7-8,11,17-19H,2H2,1H3,(H,12,13,14). The van der Waals surface area contributed by atoms with E-state index < -0.39 is 31.1 Å². The van der Waals surface area contributed by atoms with Gasteiger partial charge >= 0.3 is 0 Å². The fourth-order valence-corrected chi connectivity index (χ4v) is 2.47. The Bertz CT molecular complexity index is 662. The van der Waals surface area contributed by atoms with Crippen LogP contribution < -0.4 is 10.0 Å². The maximum atomic E-state index is 12.0. The van der Waals surface area contributed by atoms with Crippen LogP contribution in [0, 0.1) is 5.21 Å². The fraction of sp³-hybridized carbons (Fsp3) is 0.545. The van der Waals surface area contributed by atoms with Gasteiger partial charge in [-0.05, 0) is 0 Å². The molecule has 0 amide bonds. The summed E-state index contributed by atoms with van der Waals surface area (Å²) in [5.41, 5.74) is 0.442. The van der Waals surface area contributed by atoms with Crippen molar-refractivity contribution in [2.75, 3.05) is 19.0 Å². The van der Waals surface area contributed by atoms with Crippen molar-refractivity contribution in [3.63, 3.8) is 0 Å². The lowest BCUT2D eigenvalue weighted by Gasteiger charge is -2.11. The summed E-state index contributed by atoms with van der Waals surface area (Å²) >= 11 is 0. The molecule has 0 bridgehead atoms. The van der Waals surface area contributed by atoms with E-state index in [2.05, 4.69) is 15.3 Å². The van der Waals surface area contributed by atoms with Crippen LogP contribution in [0.2, 0.25) is 0 Å². The monoisotopic (exact) mass is 297 g/mol. The molecule has 21 heavy (non-hydrogen) atoms. The van der Waals surface area contributed by atoms with Crippen molar-refractivity contribution in [3.05, 3.63) is 17.9 Å². The molecule has 2 aromatic heterocycles. The third kappa shape index (κ3) is 2.00. The molecule has 4 atom stereocenters. The summed E-state index contributed by atoms with van der Waals surface area (Å²) in [6.45, 7) is -0.442. The number of aliphatic hydroxyl groups is 3. The number of nitrogens with zero attached hydrogens (tertiary/aromatic N) is 4. The van der Waals surface area contributed by atoms with Crippen LogP contribution in [0.4, 0.5) is 5.82 Å². The van der Waals surface area contributed by atoms with E-state index in [-0.39, 0.29) is 11.2 Å².